The maximum atomic E-state index is 13.0. The van der Waals surface area contributed by atoms with Gasteiger partial charge in [-0.1, -0.05) is 29.8 Å². The third kappa shape index (κ3) is 4.72. The van der Waals surface area contributed by atoms with Crippen LogP contribution >= 0.6 is 11.6 Å². The number of imidazole rings is 1. The number of hydrogen-bond donors (Lipinski definition) is 1. The number of carbonyl (C=O) groups excluding carboxylic acids is 1. The second kappa shape index (κ2) is 9.44. The second-order valence-electron chi connectivity index (χ2n) is 7.85. The Morgan fingerprint density at radius 3 is 2.66 bits per heavy atom. The molecule has 1 aliphatic rings. The van der Waals surface area contributed by atoms with Crippen molar-refractivity contribution < 1.29 is 13.2 Å². The lowest BCUT2D eigenvalue weighted by Crippen LogP contribution is -2.45. The Morgan fingerprint density at radius 2 is 1.94 bits per heavy atom. The molecule has 1 N–H and O–H groups in total. The van der Waals surface area contributed by atoms with Gasteiger partial charge in [0.25, 0.3) is 0 Å². The molecule has 9 heteroatoms. The van der Waals surface area contributed by atoms with E-state index in [2.05, 4.69) is 10.3 Å². The molecule has 1 saturated heterocycles. The maximum absolute atomic E-state index is 13.0. The quantitative estimate of drug-likeness (QED) is 0.594. The number of amides is 1. The number of carbonyl (C=O) groups is 1. The highest BCUT2D eigenvalue weighted by atomic mass is 35.5. The summed E-state index contributed by atoms with van der Waals surface area (Å²) in [7, 11) is -3.67. The molecule has 0 radical (unpaired) electrons. The lowest BCUT2D eigenvalue weighted by molar-refractivity contribution is -0.126. The number of nitrogens with zero attached hydrogens (tertiary/aromatic N) is 3. The maximum Gasteiger partial charge on any atom is 0.243 e. The Kier molecular flexibility index (Phi) is 6.64. The summed E-state index contributed by atoms with van der Waals surface area (Å²) in [4.78, 5) is 17.4. The van der Waals surface area contributed by atoms with E-state index in [-0.39, 0.29) is 17.3 Å². The van der Waals surface area contributed by atoms with Gasteiger partial charge < -0.3 is 9.88 Å². The third-order valence-corrected chi connectivity index (χ3v) is 7.87. The number of sulfonamides is 1. The Labute approximate surface area is 193 Å². The third-order valence-electron chi connectivity index (χ3n) is 5.74. The van der Waals surface area contributed by atoms with Gasteiger partial charge in [0.1, 0.15) is 5.82 Å². The van der Waals surface area contributed by atoms with Gasteiger partial charge in [0, 0.05) is 37.1 Å². The summed E-state index contributed by atoms with van der Waals surface area (Å²) in [6.45, 7) is 2.84. The summed E-state index contributed by atoms with van der Waals surface area (Å²) in [5.74, 6) is 0.324. The number of rotatable bonds is 6. The smallest absolute Gasteiger partial charge is 0.243 e. The number of benzene rings is 2. The molecule has 168 valence electrons. The monoisotopic (exact) mass is 472 g/mol. The number of aromatic nitrogens is 2. The first-order chi connectivity index (χ1) is 15.4. The van der Waals surface area contributed by atoms with Gasteiger partial charge in [0.15, 0.2) is 0 Å². The summed E-state index contributed by atoms with van der Waals surface area (Å²) >= 11 is 5.88. The number of piperidine rings is 1. The van der Waals surface area contributed by atoms with Crippen LogP contribution in [-0.2, 0) is 21.4 Å². The SMILES string of the molecule is Cc1nccn1-c1ccccc1CNC(=O)C1CCCN(S(=O)(=O)c2ccc(Cl)cc2)C1. The highest BCUT2D eigenvalue weighted by Crippen LogP contribution is 2.25. The number of aryl methyl sites for hydroxylation is 1. The van der Waals surface area contributed by atoms with Gasteiger partial charge in [-0.3, -0.25) is 4.79 Å². The predicted molar refractivity (Wildman–Crippen MR) is 123 cm³/mol. The molecule has 0 bridgehead atoms. The normalized spacial score (nSPS) is 17.2. The molecule has 1 aliphatic heterocycles. The highest BCUT2D eigenvalue weighted by Gasteiger charge is 2.33. The van der Waals surface area contributed by atoms with Crippen LogP contribution in [0.25, 0.3) is 5.69 Å². The Hall–Kier alpha value is -2.68. The first-order valence-electron chi connectivity index (χ1n) is 10.5. The molecule has 2 aromatic carbocycles. The van der Waals surface area contributed by atoms with E-state index in [0.29, 0.717) is 31.0 Å². The molecule has 32 heavy (non-hydrogen) atoms. The van der Waals surface area contributed by atoms with Crippen molar-refractivity contribution in [1.29, 1.82) is 0 Å². The molecule has 1 fully saturated rings. The van der Waals surface area contributed by atoms with Crippen molar-refractivity contribution in [3.8, 4) is 5.69 Å². The Morgan fingerprint density at radius 1 is 1.19 bits per heavy atom. The topological polar surface area (TPSA) is 84.3 Å². The van der Waals surface area contributed by atoms with Crippen LogP contribution in [0.2, 0.25) is 5.02 Å². The van der Waals surface area contributed by atoms with Crippen molar-refractivity contribution in [2.75, 3.05) is 13.1 Å². The van der Waals surface area contributed by atoms with Crippen LogP contribution in [0.1, 0.15) is 24.2 Å². The van der Waals surface area contributed by atoms with Crippen LogP contribution < -0.4 is 5.32 Å². The van der Waals surface area contributed by atoms with E-state index in [1.54, 1.807) is 18.3 Å². The fourth-order valence-corrected chi connectivity index (χ4v) is 5.63. The average molecular weight is 473 g/mol. The molecule has 1 atom stereocenters. The van der Waals surface area contributed by atoms with Crippen molar-refractivity contribution in [2.45, 2.75) is 31.2 Å². The van der Waals surface area contributed by atoms with Gasteiger partial charge in [-0.25, -0.2) is 13.4 Å². The Balaban J connectivity index is 1.44. The number of nitrogens with one attached hydrogen (secondary N) is 1. The zero-order valence-electron chi connectivity index (χ0n) is 17.7. The summed E-state index contributed by atoms with van der Waals surface area (Å²) < 4.78 is 29.4. The highest BCUT2D eigenvalue weighted by molar-refractivity contribution is 7.89. The van der Waals surface area contributed by atoms with Crippen LogP contribution in [0.5, 0.6) is 0 Å². The lowest BCUT2D eigenvalue weighted by Gasteiger charge is -2.31. The van der Waals surface area contributed by atoms with E-state index in [1.807, 2.05) is 42.0 Å². The molecule has 2 heterocycles. The summed E-state index contributed by atoms with van der Waals surface area (Å²) in [5, 5.41) is 3.48. The molecular formula is C23H25ClN4O3S. The van der Waals surface area contributed by atoms with Crippen molar-refractivity contribution in [3.63, 3.8) is 0 Å². The molecule has 1 amide bonds. The van der Waals surface area contributed by atoms with E-state index >= 15 is 0 Å². The van der Waals surface area contributed by atoms with Crippen LogP contribution in [0.4, 0.5) is 0 Å². The summed E-state index contributed by atoms with van der Waals surface area (Å²) in [5.41, 5.74) is 1.92. The standard InChI is InChI=1S/C23H25ClN4O3S/c1-17-25-12-14-28(17)22-7-3-2-5-18(22)15-26-23(29)19-6-4-13-27(16-19)32(30,31)21-10-8-20(24)9-11-21/h2-3,5,7-12,14,19H,4,6,13,15-16H2,1H3,(H,26,29). The molecule has 4 rings (SSSR count). The first kappa shape index (κ1) is 22.5. The van der Waals surface area contributed by atoms with E-state index in [9.17, 15) is 13.2 Å². The molecule has 7 nitrogen and oxygen atoms in total. The summed E-state index contributed by atoms with van der Waals surface area (Å²) in [6, 6.07) is 13.9. The van der Waals surface area contributed by atoms with Crippen LogP contribution in [0, 0.1) is 12.8 Å². The van der Waals surface area contributed by atoms with Crippen molar-refractivity contribution >= 4 is 27.5 Å². The molecule has 0 aliphatic carbocycles. The van der Waals surface area contributed by atoms with Gasteiger partial charge in [0.2, 0.25) is 15.9 Å². The van der Waals surface area contributed by atoms with Crippen LogP contribution in [0.3, 0.4) is 0 Å². The fraction of sp³-hybridized carbons (Fsp3) is 0.304. The van der Waals surface area contributed by atoms with Gasteiger partial charge in [-0.15, -0.1) is 0 Å². The minimum absolute atomic E-state index is 0.141. The largest absolute Gasteiger partial charge is 0.352 e. The molecular weight excluding hydrogens is 448 g/mol. The Bertz CT molecular complexity index is 1210. The molecule has 3 aromatic rings. The second-order valence-corrected chi connectivity index (χ2v) is 10.2. The number of para-hydroxylation sites is 1. The zero-order chi connectivity index (χ0) is 22.7. The van der Waals surface area contributed by atoms with E-state index in [1.165, 1.54) is 16.4 Å². The first-order valence-corrected chi connectivity index (χ1v) is 12.3. The minimum atomic E-state index is -3.67. The number of halogens is 1. The van der Waals surface area contributed by atoms with Crippen LogP contribution in [-0.4, -0.2) is 41.3 Å². The van der Waals surface area contributed by atoms with E-state index in [4.69, 9.17) is 11.6 Å². The minimum Gasteiger partial charge on any atom is -0.352 e. The van der Waals surface area contributed by atoms with Crippen molar-refractivity contribution in [2.24, 2.45) is 5.92 Å². The zero-order valence-corrected chi connectivity index (χ0v) is 19.3. The van der Waals surface area contributed by atoms with E-state index < -0.39 is 15.9 Å². The lowest BCUT2D eigenvalue weighted by atomic mass is 9.98. The van der Waals surface area contributed by atoms with Crippen LogP contribution in [0.15, 0.2) is 65.8 Å². The van der Waals surface area contributed by atoms with Crippen molar-refractivity contribution in [3.05, 3.63) is 77.3 Å². The molecule has 0 spiro atoms. The summed E-state index contributed by atoms with van der Waals surface area (Å²) in [6.07, 6.45) is 4.91. The van der Waals surface area contributed by atoms with E-state index in [0.717, 1.165) is 17.1 Å². The number of hydrogen-bond acceptors (Lipinski definition) is 4. The molecule has 1 unspecified atom stereocenters. The van der Waals surface area contributed by atoms with Gasteiger partial charge in [-0.2, -0.15) is 4.31 Å². The fourth-order valence-electron chi connectivity index (χ4n) is 3.98. The molecule has 0 saturated carbocycles. The van der Waals surface area contributed by atoms with Gasteiger partial charge >= 0.3 is 0 Å². The average Bonchev–Trinajstić information content (AvgIpc) is 3.23. The van der Waals surface area contributed by atoms with Gasteiger partial charge in [-0.05, 0) is 55.7 Å². The van der Waals surface area contributed by atoms with Gasteiger partial charge in [0.05, 0.1) is 16.5 Å². The van der Waals surface area contributed by atoms with Crippen molar-refractivity contribution in [1.82, 2.24) is 19.2 Å². The molecule has 1 aromatic heterocycles. The predicted octanol–water partition coefficient (Wildman–Crippen LogP) is 3.55.